The van der Waals surface area contributed by atoms with Crippen LogP contribution < -0.4 is 22.6 Å². The lowest BCUT2D eigenvalue weighted by molar-refractivity contribution is -0.0347. The fourth-order valence-corrected chi connectivity index (χ4v) is 5.51. The summed E-state index contributed by atoms with van der Waals surface area (Å²) in [6, 6.07) is -0.447. The number of fused-ring (bicyclic) bond motifs is 2. The van der Waals surface area contributed by atoms with Crippen LogP contribution in [0.4, 0.5) is 11.9 Å². The van der Waals surface area contributed by atoms with E-state index in [1.165, 1.54) is 17.2 Å². The van der Waals surface area contributed by atoms with E-state index >= 15 is 0 Å². The molecule has 5 aromatic heterocycles. The number of anilines is 2. The molecule has 42 heavy (non-hydrogen) atoms. The average molecular weight is 584 g/mol. The van der Waals surface area contributed by atoms with Crippen molar-refractivity contribution < 1.29 is 24.8 Å². The third kappa shape index (κ3) is 4.11. The van der Waals surface area contributed by atoms with E-state index in [2.05, 4.69) is 40.2 Å². The highest BCUT2D eigenvalue weighted by atomic mass is 16.6. The number of aromatic amines is 2. The zero-order chi connectivity index (χ0) is 29.3. The molecule has 2 fully saturated rings. The minimum atomic E-state index is -1.37. The van der Waals surface area contributed by atoms with Crippen molar-refractivity contribution in [2.75, 3.05) is 18.1 Å². The second-order valence-electron chi connectivity index (χ2n) is 10.1. The van der Waals surface area contributed by atoms with Gasteiger partial charge in [-0.25, -0.2) is 14.6 Å². The van der Waals surface area contributed by atoms with E-state index in [4.69, 9.17) is 20.9 Å². The molecule has 7 heterocycles. The van der Waals surface area contributed by atoms with Crippen LogP contribution in [0, 0.1) is 0 Å². The van der Waals surface area contributed by atoms with E-state index in [0.29, 0.717) is 12.1 Å². The smallest absolute Gasteiger partial charge is 0.280 e. The Morgan fingerprint density at radius 3 is 2.24 bits per heavy atom. The molecule has 7 rings (SSSR count). The molecular formula is C22H25N13O7. The summed E-state index contributed by atoms with van der Waals surface area (Å²) in [7, 11) is 0. The Morgan fingerprint density at radius 2 is 1.57 bits per heavy atom. The Hall–Kier alpha value is -4.76. The molecule has 5 aromatic rings. The third-order valence-corrected chi connectivity index (χ3v) is 7.51. The van der Waals surface area contributed by atoms with Crippen LogP contribution in [0.15, 0.2) is 28.4 Å². The highest BCUT2D eigenvalue weighted by Crippen LogP contribution is 2.38. The first-order valence-electron chi connectivity index (χ1n) is 12.8. The molecule has 20 nitrogen and oxygen atoms in total. The summed E-state index contributed by atoms with van der Waals surface area (Å²) in [6.45, 7) is -0.322. The molecule has 0 aromatic carbocycles. The minimum Gasteiger partial charge on any atom is -0.394 e. The first-order valence-corrected chi connectivity index (χ1v) is 12.8. The Bertz CT molecular complexity index is 1910. The molecule has 220 valence electrons. The first-order chi connectivity index (χ1) is 20.2. The number of aliphatic hydroxyl groups excluding tert-OH is 3. The zero-order valence-corrected chi connectivity index (χ0v) is 21.5. The van der Waals surface area contributed by atoms with Crippen molar-refractivity contribution in [3.05, 3.63) is 45.3 Å². The van der Waals surface area contributed by atoms with Crippen molar-refractivity contribution in [3.63, 3.8) is 0 Å². The van der Waals surface area contributed by atoms with Gasteiger partial charge in [0.1, 0.15) is 24.5 Å². The summed E-state index contributed by atoms with van der Waals surface area (Å²) in [6.07, 6.45) is -1.21. The first kappa shape index (κ1) is 26.2. The fraction of sp³-hybridized carbons (Fsp3) is 0.455. The van der Waals surface area contributed by atoms with E-state index in [0.717, 1.165) is 0 Å². The molecule has 0 saturated carbocycles. The molecule has 20 heteroatoms. The maximum absolute atomic E-state index is 12.2. The van der Waals surface area contributed by atoms with Gasteiger partial charge in [0.25, 0.3) is 11.1 Å². The van der Waals surface area contributed by atoms with Crippen LogP contribution in [0.25, 0.3) is 22.3 Å². The summed E-state index contributed by atoms with van der Waals surface area (Å²) in [5.74, 6) is -0.201. The number of imidazole rings is 2. The van der Waals surface area contributed by atoms with E-state index < -0.39 is 54.0 Å². The van der Waals surface area contributed by atoms with Gasteiger partial charge in [-0.2, -0.15) is 9.97 Å². The lowest BCUT2D eigenvalue weighted by Crippen LogP contribution is -2.32. The summed E-state index contributed by atoms with van der Waals surface area (Å²) in [5.41, 5.74) is 11.2. The number of rotatable bonds is 6. The lowest BCUT2D eigenvalue weighted by atomic mass is 10.1. The summed E-state index contributed by atoms with van der Waals surface area (Å²) < 4.78 is 16.4. The van der Waals surface area contributed by atoms with Crippen molar-refractivity contribution in [1.29, 1.82) is 0 Å². The number of nitrogen functional groups attached to an aromatic ring is 2. The van der Waals surface area contributed by atoms with Crippen LogP contribution in [0.1, 0.15) is 30.6 Å². The number of H-pyrrole nitrogens is 2. The topological polar surface area (TPSA) is 289 Å². The number of hydrogen-bond donors (Lipinski definition) is 7. The molecule has 1 unspecified atom stereocenters. The van der Waals surface area contributed by atoms with Crippen molar-refractivity contribution >= 4 is 34.2 Å². The summed E-state index contributed by atoms with van der Waals surface area (Å²) >= 11 is 0. The van der Waals surface area contributed by atoms with Gasteiger partial charge in [-0.3, -0.25) is 28.7 Å². The maximum Gasteiger partial charge on any atom is 0.280 e. The highest BCUT2D eigenvalue weighted by molar-refractivity contribution is 5.71. The van der Waals surface area contributed by atoms with Crippen molar-refractivity contribution in [3.8, 4) is 0 Å². The van der Waals surface area contributed by atoms with E-state index in [1.54, 1.807) is 15.4 Å². The van der Waals surface area contributed by atoms with Gasteiger partial charge in [0.05, 0.1) is 37.1 Å². The number of nitrogens with one attached hydrogen (secondary N) is 2. The van der Waals surface area contributed by atoms with Crippen LogP contribution in [-0.4, -0.2) is 100 Å². The molecule has 7 atom stereocenters. The Kier molecular flexibility index (Phi) is 6.02. The zero-order valence-electron chi connectivity index (χ0n) is 21.5. The molecule has 0 radical (unpaired) electrons. The highest BCUT2D eigenvalue weighted by Gasteiger charge is 2.45. The van der Waals surface area contributed by atoms with Gasteiger partial charge in [-0.15, -0.1) is 5.10 Å². The van der Waals surface area contributed by atoms with Gasteiger partial charge in [0.2, 0.25) is 11.9 Å². The molecule has 0 aliphatic carbocycles. The molecule has 2 aliphatic heterocycles. The quantitative estimate of drug-likeness (QED) is 0.103. The summed E-state index contributed by atoms with van der Waals surface area (Å²) in [5, 5.41) is 39.9. The Morgan fingerprint density at radius 1 is 0.929 bits per heavy atom. The monoisotopic (exact) mass is 583 g/mol. The normalized spacial score (nSPS) is 27.9. The van der Waals surface area contributed by atoms with Crippen LogP contribution in [-0.2, 0) is 15.9 Å². The van der Waals surface area contributed by atoms with Crippen molar-refractivity contribution in [2.24, 2.45) is 0 Å². The second kappa shape index (κ2) is 9.66. The molecule has 9 N–H and O–H groups in total. The van der Waals surface area contributed by atoms with Crippen LogP contribution >= 0.6 is 0 Å². The van der Waals surface area contributed by atoms with Crippen LogP contribution in [0.2, 0.25) is 0 Å². The van der Waals surface area contributed by atoms with E-state index in [1.807, 2.05) is 0 Å². The van der Waals surface area contributed by atoms with Gasteiger partial charge in [-0.05, 0) is 0 Å². The van der Waals surface area contributed by atoms with Crippen molar-refractivity contribution in [1.82, 2.24) is 54.0 Å². The standard InChI is InChI=1S/C22H25N13O7/c23-21-27-16-12(18(39)29-21)25-5-33(16)11-2-8(10(4-36)41-11)35-3-7(31-32-35)1-9-14(37)15(38)20(42-9)34-6-26-13-17(34)28-22(24)30-19(13)40/h3,5-6,8-11,14-15,20,36-38H,1-2,4H2,(H3,23,27,29,39)(H3,24,28,30,40)/t8-,9?,10+,11+,14+,15+,20+/m0/s1. The van der Waals surface area contributed by atoms with Crippen LogP contribution in [0.3, 0.4) is 0 Å². The number of ether oxygens (including phenoxy) is 2. The molecule has 0 spiro atoms. The predicted octanol–water partition coefficient (Wildman–Crippen LogP) is -3.31. The number of nitrogens with two attached hydrogens (primary N) is 2. The van der Waals surface area contributed by atoms with Gasteiger partial charge in [-0.1, -0.05) is 5.21 Å². The lowest BCUT2D eigenvalue weighted by Gasteiger charge is -2.16. The van der Waals surface area contributed by atoms with Crippen LogP contribution in [0.5, 0.6) is 0 Å². The van der Waals surface area contributed by atoms with Gasteiger partial charge >= 0.3 is 0 Å². The predicted molar refractivity (Wildman–Crippen MR) is 139 cm³/mol. The van der Waals surface area contributed by atoms with Gasteiger partial charge in [0, 0.05) is 19.0 Å². The minimum absolute atomic E-state index is 0.00569. The average Bonchev–Trinajstić information content (AvgIpc) is 3.77. The fourth-order valence-electron chi connectivity index (χ4n) is 5.51. The molecule has 0 amide bonds. The molecule has 2 saturated heterocycles. The number of aromatic nitrogens is 11. The van der Waals surface area contributed by atoms with Gasteiger partial charge in [0.15, 0.2) is 28.6 Å². The maximum atomic E-state index is 12.2. The van der Waals surface area contributed by atoms with Gasteiger partial charge < -0.3 is 36.3 Å². The Labute approximate surface area is 232 Å². The molecular weight excluding hydrogens is 558 g/mol. The largest absolute Gasteiger partial charge is 0.394 e. The Balaban J connectivity index is 1.09. The van der Waals surface area contributed by atoms with E-state index in [-0.39, 0.29) is 47.3 Å². The number of hydrogen-bond acceptors (Lipinski definition) is 15. The number of nitrogens with zero attached hydrogens (tertiary/aromatic N) is 9. The number of aliphatic hydroxyl groups is 3. The summed E-state index contributed by atoms with van der Waals surface area (Å²) in [4.78, 5) is 45.4. The third-order valence-electron chi connectivity index (χ3n) is 7.51. The second-order valence-corrected chi connectivity index (χ2v) is 10.1. The molecule has 2 aliphatic rings. The van der Waals surface area contributed by atoms with Crippen molar-refractivity contribution in [2.45, 2.75) is 55.8 Å². The SMILES string of the molecule is Nc1nc2c(ncn2[C@@H]2OC(Cc3cn([C@H]4C[C@H](n5cnc6c(=O)[nH]c(N)nc65)O[C@@H]4CO)nn3)[C@@H](O)[C@H]2O)c(=O)[nH]1. The molecule has 0 bridgehead atoms. The van der Waals surface area contributed by atoms with E-state index in [9.17, 15) is 24.9 Å².